The van der Waals surface area contributed by atoms with Gasteiger partial charge in [-0.3, -0.25) is 0 Å². The number of anilines is 1. The first-order valence-electron chi connectivity index (χ1n) is 6.96. The van der Waals surface area contributed by atoms with Crippen molar-refractivity contribution in [2.45, 2.75) is 37.6 Å². The zero-order chi connectivity index (χ0) is 13.7. The molecule has 0 bridgehead atoms. The molecule has 0 aromatic heterocycles. The molecule has 0 saturated carbocycles. The van der Waals surface area contributed by atoms with Crippen molar-refractivity contribution < 1.29 is 4.74 Å². The molecule has 4 heteroatoms. The van der Waals surface area contributed by atoms with E-state index in [0.717, 1.165) is 36.5 Å². The first-order chi connectivity index (χ1) is 9.26. The van der Waals surface area contributed by atoms with Crippen molar-refractivity contribution in [1.29, 1.82) is 0 Å². The number of rotatable bonds is 5. The van der Waals surface area contributed by atoms with Crippen LogP contribution in [0.15, 0.2) is 18.2 Å². The molecule has 1 atom stereocenters. The molecular weight excluding hydrogens is 326 g/mol. The number of halogens is 2. The van der Waals surface area contributed by atoms with Gasteiger partial charge in [-0.05, 0) is 31.4 Å². The lowest BCUT2D eigenvalue weighted by molar-refractivity contribution is 0.0440. The van der Waals surface area contributed by atoms with Crippen LogP contribution in [0.5, 0.6) is 0 Å². The molecule has 0 amide bonds. The molecule has 1 unspecified atom stereocenters. The predicted octanol–water partition coefficient (Wildman–Crippen LogP) is 4.63. The van der Waals surface area contributed by atoms with E-state index in [4.69, 9.17) is 16.3 Å². The Morgan fingerprint density at radius 1 is 1.47 bits per heavy atom. The van der Waals surface area contributed by atoms with Gasteiger partial charge in [0.25, 0.3) is 0 Å². The summed E-state index contributed by atoms with van der Waals surface area (Å²) in [5.41, 5.74) is 2.43. The Bertz CT molecular complexity index is 413. The number of hydrogen-bond donors (Lipinski definition) is 0. The van der Waals surface area contributed by atoms with E-state index in [0.29, 0.717) is 6.10 Å². The largest absolute Gasteiger partial charge is 0.376 e. The molecule has 0 N–H and O–H groups in total. The first kappa shape index (κ1) is 15.1. The quantitative estimate of drug-likeness (QED) is 0.721. The van der Waals surface area contributed by atoms with Gasteiger partial charge < -0.3 is 9.64 Å². The maximum atomic E-state index is 6.28. The SMILES string of the molecule is CCCOC1CCCN(c2cccc(Cl)c2CBr)C1. The average Bonchev–Trinajstić information content (AvgIpc) is 2.45. The highest BCUT2D eigenvalue weighted by Gasteiger charge is 2.22. The third-order valence-corrected chi connectivity index (χ3v) is 4.42. The van der Waals surface area contributed by atoms with Crippen LogP contribution in [-0.4, -0.2) is 25.8 Å². The Hall–Kier alpha value is -0.250. The minimum Gasteiger partial charge on any atom is -0.376 e. The minimum absolute atomic E-state index is 0.357. The summed E-state index contributed by atoms with van der Waals surface area (Å²) < 4.78 is 5.90. The molecule has 1 aliphatic heterocycles. The molecule has 1 saturated heterocycles. The molecule has 1 aromatic carbocycles. The van der Waals surface area contributed by atoms with E-state index in [9.17, 15) is 0 Å². The lowest BCUT2D eigenvalue weighted by Crippen LogP contribution is -2.40. The van der Waals surface area contributed by atoms with Crippen molar-refractivity contribution >= 4 is 33.2 Å². The normalized spacial score (nSPS) is 19.7. The second-order valence-electron chi connectivity index (χ2n) is 4.95. The number of nitrogens with zero attached hydrogens (tertiary/aromatic N) is 1. The number of hydrogen-bond acceptors (Lipinski definition) is 2. The summed E-state index contributed by atoms with van der Waals surface area (Å²) in [6.07, 6.45) is 3.79. The van der Waals surface area contributed by atoms with Gasteiger partial charge in [0.2, 0.25) is 0 Å². The first-order valence-corrected chi connectivity index (χ1v) is 8.46. The minimum atomic E-state index is 0.357. The van der Waals surface area contributed by atoms with Crippen LogP contribution in [0, 0.1) is 0 Å². The second-order valence-corrected chi connectivity index (χ2v) is 5.92. The van der Waals surface area contributed by atoms with Gasteiger partial charge in [-0.2, -0.15) is 0 Å². The van der Waals surface area contributed by atoms with Crippen LogP contribution in [0.3, 0.4) is 0 Å². The lowest BCUT2D eigenvalue weighted by atomic mass is 10.1. The maximum absolute atomic E-state index is 6.28. The molecule has 1 aromatic rings. The summed E-state index contributed by atoms with van der Waals surface area (Å²) in [4.78, 5) is 2.41. The Kier molecular flexibility index (Phi) is 5.99. The van der Waals surface area contributed by atoms with E-state index in [-0.39, 0.29) is 0 Å². The molecule has 0 aliphatic carbocycles. The molecule has 0 spiro atoms. The molecule has 1 aliphatic rings. The van der Waals surface area contributed by atoms with Gasteiger partial charge in [-0.25, -0.2) is 0 Å². The predicted molar refractivity (Wildman–Crippen MR) is 85.6 cm³/mol. The summed E-state index contributed by atoms with van der Waals surface area (Å²) in [5, 5.41) is 1.63. The van der Waals surface area contributed by atoms with Gasteiger partial charge in [0, 0.05) is 41.3 Å². The van der Waals surface area contributed by atoms with E-state index < -0.39 is 0 Å². The topological polar surface area (TPSA) is 12.5 Å². The molecule has 0 radical (unpaired) electrons. The second kappa shape index (κ2) is 7.51. The van der Waals surface area contributed by atoms with Crippen LogP contribution in [0.1, 0.15) is 31.7 Å². The van der Waals surface area contributed by atoms with Gasteiger partial charge in [0.1, 0.15) is 0 Å². The van der Waals surface area contributed by atoms with Crippen molar-refractivity contribution in [2.75, 3.05) is 24.6 Å². The Morgan fingerprint density at radius 3 is 3.05 bits per heavy atom. The van der Waals surface area contributed by atoms with Crippen molar-refractivity contribution in [3.05, 3.63) is 28.8 Å². The summed E-state index contributed by atoms with van der Waals surface area (Å²) >= 11 is 9.82. The van der Waals surface area contributed by atoms with Crippen LogP contribution in [0.25, 0.3) is 0 Å². The van der Waals surface area contributed by atoms with Crippen LogP contribution in [-0.2, 0) is 10.1 Å². The van der Waals surface area contributed by atoms with Crippen molar-refractivity contribution in [3.8, 4) is 0 Å². The van der Waals surface area contributed by atoms with E-state index in [1.807, 2.05) is 12.1 Å². The standard InChI is InChI=1S/C15H21BrClNO/c1-2-9-19-12-5-4-8-18(11-12)15-7-3-6-14(17)13(15)10-16/h3,6-7,12H,2,4-5,8-11H2,1H3. The fraction of sp³-hybridized carbons (Fsp3) is 0.600. The lowest BCUT2D eigenvalue weighted by Gasteiger charge is -2.35. The summed E-state index contributed by atoms with van der Waals surface area (Å²) in [6, 6.07) is 6.14. The molecular formula is C15H21BrClNO. The van der Waals surface area contributed by atoms with Gasteiger partial charge in [-0.1, -0.05) is 40.5 Å². The van der Waals surface area contributed by atoms with Gasteiger partial charge in [0.05, 0.1) is 6.10 Å². The number of ether oxygens (including phenoxy) is 1. The van der Waals surface area contributed by atoms with E-state index in [1.165, 1.54) is 24.1 Å². The zero-order valence-corrected chi connectivity index (χ0v) is 13.7. The third-order valence-electron chi connectivity index (χ3n) is 3.50. The highest BCUT2D eigenvalue weighted by molar-refractivity contribution is 9.08. The van der Waals surface area contributed by atoms with Crippen LogP contribution >= 0.6 is 27.5 Å². The monoisotopic (exact) mass is 345 g/mol. The average molecular weight is 347 g/mol. The van der Waals surface area contributed by atoms with E-state index in [1.54, 1.807) is 0 Å². The van der Waals surface area contributed by atoms with Crippen molar-refractivity contribution in [2.24, 2.45) is 0 Å². The molecule has 2 nitrogen and oxygen atoms in total. The van der Waals surface area contributed by atoms with Gasteiger partial charge in [0.15, 0.2) is 0 Å². The van der Waals surface area contributed by atoms with Crippen LogP contribution < -0.4 is 4.90 Å². The highest BCUT2D eigenvalue weighted by Crippen LogP contribution is 2.31. The number of benzene rings is 1. The fourth-order valence-corrected chi connectivity index (χ4v) is 3.54. The van der Waals surface area contributed by atoms with E-state index in [2.05, 4.69) is 33.8 Å². The molecule has 2 rings (SSSR count). The third kappa shape index (κ3) is 3.87. The van der Waals surface area contributed by atoms with Crippen molar-refractivity contribution in [1.82, 2.24) is 0 Å². The molecule has 19 heavy (non-hydrogen) atoms. The number of piperidine rings is 1. The Morgan fingerprint density at radius 2 is 2.32 bits per heavy atom. The summed E-state index contributed by atoms with van der Waals surface area (Å²) in [6.45, 7) is 5.08. The van der Waals surface area contributed by atoms with Gasteiger partial charge >= 0.3 is 0 Å². The molecule has 106 valence electrons. The van der Waals surface area contributed by atoms with Crippen molar-refractivity contribution in [3.63, 3.8) is 0 Å². The maximum Gasteiger partial charge on any atom is 0.0750 e. The Labute approximate surface area is 129 Å². The Balaban J connectivity index is 2.10. The summed E-state index contributed by atoms with van der Waals surface area (Å²) in [5.74, 6) is 0. The van der Waals surface area contributed by atoms with Crippen LogP contribution in [0.4, 0.5) is 5.69 Å². The highest BCUT2D eigenvalue weighted by atomic mass is 79.9. The summed E-state index contributed by atoms with van der Waals surface area (Å²) in [7, 11) is 0. The fourth-order valence-electron chi connectivity index (χ4n) is 2.55. The molecule has 1 heterocycles. The van der Waals surface area contributed by atoms with Crippen LogP contribution in [0.2, 0.25) is 5.02 Å². The smallest absolute Gasteiger partial charge is 0.0750 e. The number of alkyl halides is 1. The zero-order valence-electron chi connectivity index (χ0n) is 11.4. The van der Waals surface area contributed by atoms with Gasteiger partial charge in [-0.15, -0.1) is 0 Å². The van der Waals surface area contributed by atoms with E-state index >= 15 is 0 Å². The molecule has 1 fully saturated rings.